The maximum Gasteiger partial charge on any atom is 0.0931 e. The third-order valence-corrected chi connectivity index (χ3v) is 3.78. The molecule has 0 aliphatic heterocycles. The van der Waals surface area contributed by atoms with E-state index in [-0.39, 0.29) is 5.54 Å². The number of hydrogen-bond acceptors (Lipinski definition) is 2. The van der Waals surface area contributed by atoms with Gasteiger partial charge in [-0.15, -0.1) is 11.3 Å². The molecule has 16 heavy (non-hydrogen) atoms. The number of aryl methyl sites for hydroxylation is 1. The van der Waals surface area contributed by atoms with E-state index in [0.717, 1.165) is 17.3 Å². The van der Waals surface area contributed by atoms with Crippen molar-refractivity contribution < 1.29 is 0 Å². The number of thiophene rings is 1. The van der Waals surface area contributed by atoms with E-state index in [1.807, 2.05) is 6.07 Å². The molecular formula is C13H22ClNS. The summed E-state index contributed by atoms with van der Waals surface area (Å²) in [5, 5.41) is 3.54. The summed E-state index contributed by atoms with van der Waals surface area (Å²) in [6, 6.07) is 4.12. The van der Waals surface area contributed by atoms with Crippen LogP contribution in [-0.2, 0) is 6.42 Å². The van der Waals surface area contributed by atoms with Gasteiger partial charge in [0.2, 0.25) is 0 Å². The van der Waals surface area contributed by atoms with Crippen molar-refractivity contribution in [2.45, 2.75) is 46.1 Å². The van der Waals surface area contributed by atoms with Crippen LogP contribution in [0, 0.1) is 5.92 Å². The third kappa shape index (κ3) is 5.88. The van der Waals surface area contributed by atoms with Crippen molar-refractivity contribution in [2.75, 3.05) is 6.54 Å². The zero-order valence-electron chi connectivity index (χ0n) is 10.6. The van der Waals surface area contributed by atoms with Gasteiger partial charge in [-0.2, -0.15) is 0 Å². The molecule has 0 aliphatic carbocycles. The molecule has 0 spiro atoms. The van der Waals surface area contributed by atoms with Crippen LogP contribution in [0.1, 0.15) is 39.0 Å². The summed E-state index contributed by atoms with van der Waals surface area (Å²) in [6.45, 7) is 10.0. The van der Waals surface area contributed by atoms with E-state index in [4.69, 9.17) is 11.6 Å². The second-order valence-electron chi connectivity index (χ2n) is 5.48. The zero-order valence-corrected chi connectivity index (χ0v) is 12.2. The van der Waals surface area contributed by atoms with Gasteiger partial charge in [-0.05, 0) is 58.2 Å². The Morgan fingerprint density at radius 2 is 2.06 bits per heavy atom. The molecule has 1 aromatic heterocycles. The van der Waals surface area contributed by atoms with Crippen molar-refractivity contribution in [2.24, 2.45) is 5.92 Å². The van der Waals surface area contributed by atoms with Gasteiger partial charge in [0.25, 0.3) is 0 Å². The van der Waals surface area contributed by atoms with Crippen molar-refractivity contribution in [3.63, 3.8) is 0 Å². The van der Waals surface area contributed by atoms with Crippen LogP contribution < -0.4 is 5.32 Å². The fourth-order valence-electron chi connectivity index (χ4n) is 1.46. The molecule has 1 aromatic rings. The molecule has 1 N–H and O–H groups in total. The second-order valence-corrected chi connectivity index (χ2v) is 7.28. The summed E-state index contributed by atoms with van der Waals surface area (Å²) in [7, 11) is 0. The van der Waals surface area contributed by atoms with Crippen LogP contribution in [0.25, 0.3) is 0 Å². The highest BCUT2D eigenvalue weighted by Crippen LogP contribution is 2.23. The van der Waals surface area contributed by atoms with Gasteiger partial charge >= 0.3 is 0 Å². The van der Waals surface area contributed by atoms with Gasteiger partial charge in [0, 0.05) is 10.4 Å². The molecule has 0 aromatic carbocycles. The van der Waals surface area contributed by atoms with Crippen LogP contribution in [0.5, 0.6) is 0 Å². The van der Waals surface area contributed by atoms with E-state index in [9.17, 15) is 0 Å². The number of rotatable bonds is 5. The van der Waals surface area contributed by atoms with E-state index in [1.165, 1.54) is 11.3 Å². The summed E-state index contributed by atoms with van der Waals surface area (Å²) < 4.78 is 0.899. The van der Waals surface area contributed by atoms with Crippen LogP contribution in [0.3, 0.4) is 0 Å². The van der Waals surface area contributed by atoms with Crippen LogP contribution in [0.4, 0.5) is 0 Å². The maximum absolute atomic E-state index is 5.90. The molecule has 1 unspecified atom stereocenters. The lowest BCUT2D eigenvalue weighted by molar-refractivity contribution is 0.373. The average Bonchev–Trinajstić information content (AvgIpc) is 2.57. The van der Waals surface area contributed by atoms with Gasteiger partial charge in [-0.3, -0.25) is 0 Å². The van der Waals surface area contributed by atoms with Gasteiger partial charge in [0.05, 0.1) is 4.34 Å². The second kappa shape index (κ2) is 6.04. The minimum absolute atomic E-state index is 0.223. The Morgan fingerprint density at radius 1 is 1.38 bits per heavy atom. The van der Waals surface area contributed by atoms with Crippen molar-refractivity contribution in [1.29, 1.82) is 0 Å². The molecule has 0 saturated heterocycles. The minimum Gasteiger partial charge on any atom is -0.312 e. The molecule has 0 aliphatic rings. The molecule has 92 valence electrons. The van der Waals surface area contributed by atoms with Crippen molar-refractivity contribution in [3.05, 3.63) is 21.3 Å². The average molecular weight is 260 g/mol. The van der Waals surface area contributed by atoms with E-state index < -0.39 is 0 Å². The molecule has 1 atom stereocenters. The Balaban J connectivity index is 2.22. The molecule has 1 rings (SSSR count). The fraction of sp³-hybridized carbons (Fsp3) is 0.692. The van der Waals surface area contributed by atoms with E-state index in [1.54, 1.807) is 11.3 Å². The third-order valence-electron chi connectivity index (χ3n) is 2.49. The highest BCUT2D eigenvalue weighted by Gasteiger charge is 2.11. The molecule has 1 nitrogen and oxygen atoms in total. The monoisotopic (exact) mass is 259 g/mol. The molecular weight excluding hydrogens is 238 g/mol. The quantitative estimate of drug-likeness (QED) is 0.829. The van der Waals surface area contributed by atoms with Crippen molar-refractivity contribution >= 4 is 22.9 Å². The van der Waals surface area contributed by atoms with Crippen molar-refractivity contribution in [3.8, 4) is 0 Å². The Morgan fingerprint density at radius 3 is 2.56 bits per heavy atom. The molecule has 0 radical (unpaired) electrons. The van der Waals surface area contributed by atoms with Crippen LogP contribution in [0.2, 0.25) is 4.34 Å². The van der Waals surface area contributed by atoms with Gasteiger partial charge in [0.1, 0.15) is 0 Å². The Hall–Kier alpha value is -0.0500. The Bertz CT molecular complexity index is 314. The highest BCUT2D eigenvalue weighted by molar-refractivity contribution is 7.16. The van der Waals surface area contributed by atoms with E-state index in [2.05, 4.69) is 39.1 Å². The van der Waals surface area contributed by atoms with Crippen LogP contribution >= 0.6 is 22.9 Å². The summed E-state index contributed by atoms with van der Waals surface area (Å²) in [5.74, 6) is 0.708. The molecule has 3 heteroatoms. The summed E-state index contributed by atoms with van der Waals surface area (Å²) in [5.41, 5.74) is 0.223. The van der Waals surface area contributed by atoms with Gasteiger partial charge < -0.3 is 5.32 Å². The standard InChI is InChI=1S/C13H22ClNS/c1-10(9-15-13(2,3)4)5-6-11-7-8-12(14)16-11/h7-8,10,15H,5-6,9H2,1-4H3. The van der Waals surface area contributed by atoms with E-state index in [0.29, 0.717) is 5.92 Å². The zero-order chi connectivity index (χ0) is 12.2. The maximum atomic E-state index is 5.90. The van der Waals surface area contributed by atoms with Gasteiger partial charge in [-0.25, -0.2) is 0 Å². The SMILES string of the molecule is CC(CCc1ccc(Cl)s1)CNC(C)(C)C. The summed E-state index contributed by atoms with van der Waals surface area (Å²) in [6.07, 6.45) is 2.37. The Kier molecular flexibility index (Phi) is 5.29. The lowest BCUT2D eigenvalue weighted by Crippen LogP contribution is -2.38. The molecule has 0 fully saturated rings. The summed E-state index contributed by atoms with van der Waals surface area (Å²) in [4.78, 5) is 1.40. The highest BCUT2D eigenvalue weighted by atomic mass is 35.5. The predicted molar refractivity (Wildman–Crippen MR) is 74.6 cm³/mol. The van der Waals surface area contributed by atoms with E-state index >= 15 is 0 Å². The fourth-order valence-corrected chi connectivity index (χ4v) is 2.56. The first-order chi connectivity index (χ1) is 7.37. The van der Waals surface area contributed by atoms with Crippen LogP contribution in [0.15, 0.2) is 12.1 Å². The molecule has 0 saturated carbocycles. The number of nitrogens with one attached hydrogen (secondary N) is 1. The van der Waals surface area contributed by atoms with Gasteiger partial charge in [0.15, 0.2) is 0 Å². The minimum atomic E-state index is 0.223. The first-order valence-electron chi connectivity index (χ1n) is 5.86. The first kappa shape index (κ1) is 14.0. The molecule has 0 bridgehead atoms. The lowest BCUT2D eigenvalue weighted by Gasteiger charge is -2.23. The number of halogens is 1. The van der Waals surface area contributed by atoms with Gasteiger partial charge in [-0.1, -0.05) is 18.5 Å². The van der Waals surface area contributed by atoms with Crippen LogP contribution in [-0.4, -0.2) is 12.1 Å². The topological polar surface area (TPSA) is 12.0 Å². The lowest BCUT2D eigenvalue weighted by atomic mass is 10.0. The number of hydrogen-bond donors (Lipinski definition) is 1. The predicted octanol–water partition coefficient (Wildman–Crippen LogP) is 4.36. The molecule has 0 amide bonds. The summed E-state index contributed by atoms with van der Waals surface area (Å²) >= 11 is 7.60. The molecule has 1 heterocycles. The largest absolute Gasteiger partial charge is 0.312 e. The smallest absolute Gasteiger partial charge is 0.0931 e. The Labute approximate surface area is 108 Å². The first-order valence-corrected chi connectivity index (χ1v) is 7.05. The normalized spacial score (nSPS) is 14.1. The van der Waals surface area contributed by atoms with Crippen molar-refractivity contribution in [1.82, 2.24) is 5.32 Å².